The monoisotopic (exact) mass is 368 g/mol. The first-order valence-corrected chi connectivity index (χ1v) is 9.54. The molecule has 1 saturated heterocycles. The molecule has 0 bridgehead atoms. The predicted molar refractivity (Wildman–Crippen MR) is 101 cm³/mol. The second-order valence-corrected chi connectivity index (χ2v) is 7.42. The molecular formula is C19H20N4O2S. The number of hydrogen-bond acceptors (Lipinski definition) is 4. The molecule has 0 N–H and O–H groups in total. The van der Waals surface area contributed by atoms with Gasteiger partial charge >= 0.3 is 0 Å². The second-order valence-electron chi connectivity index (χ2n) is 6.47. The van der Waals surface area contributed by atoms with Crippen molar-refractivity contribution in [3.05, 3.63) is 52.5 Å². The Labute approximate surface area is 155 Å². The van der Waals surface area contributed by atoms with Crippen molar-refractivity contribution < 1.29 is 9.59 Å². The zero-order chi connectivity index (χ0) is 18.1. The fourth-order valence-electron chi connectivity index (χ4n) is 3.33. The highest BCUT2D eigenvalue weighted by molar-refractivity contribution is 7.12. The van der Waals surface area contributed by atoms with E-state index < -0.39 is 0 Å². The lowest BCUT2D eigenvalue weighted by atomic mass is 10.1. The Morgan fingerprint density at radius 1 is 1.04 bits per heavy atom. The standard InChI is InChI=1S/C19H20N4O2S/c1-21-13-20-15-12-14(5-6-16(15)21)18(24)22-7-3-8-23(10-9-22)19(25)17-4-2-11-26-17/h2,4-6,11-13H,3,7-10H2,1H3. The van der Waals surface area contributed by atoms with Gasteiger partial charge in [0.25, 0.3) is 11.8 Å². The van der Waals surface area contributed by atoms with E-state index in [1.54, 1.807) is 6.33 Å². The highest BCUT2D eigenvalue weighted by Crippen LogP contribution is 2.18. The number of hydrogen-bond donors (Lipinski definition) is 0. The van der Waals surface area contributed by atoms with E-state index in [1.165, 1.54) is 11.3 Å². The molecule has 0 atom stereocenters. The Kier molecular flexibility index (Phi) is 4.46. The average molecular weight is 368 g/mol. The van der Waals surface area contributed by atoms with Gasteiger partial charge in [-0.25, -0.2) is 4.98 Å². The Hall–Kier alpha value is -2.67. The highest BCUT2D eigenvalue weighted by atomic mass is 32.1. The van der Waals surface area contributed by atoms with Gasteiger partial charge in [0.05, 0.1) is 22.2 Å². The average Bonchev–Trinajstić information content (AvgIpc) is 3.25. The third kappa shape index (κ3) is 3.10. The molecule has 26 heavy (non-hydrogen) atoms. The molecule has 2 aromatic heterocycles. The van der Waals surface area contributed by atoms with E-state index in [9.17, 15) is 9.59 Å². The minimum Gasteiger partial charge on any atom is -0.337 e. The fourth-order valence-corrected chi connectivity index (χ4v) is 4.02. The lowest BCUT2D eigenvalue weighted by molar-refractivity contribution is 0.0721. The van der Waals surface area contributed by atoms with Crippen LogP contribution in [0.4, 0.5) is 0 Å². The van der Waals surface area contributed by atoms with Crippen molar-refractivity contribution in [2.45, 2.75) is 6.42 Å². The van der Waals surface area contributed by atoms with E-state index >= 15 is 0 Å². The summed E-state index contributed by atoms with van der Waals surface area (Å²) in [5.41, 5.74) is 2.47. The normalized spacial score (nSPS) is 15.3. The Morgan fingerprint density at radius 3 is 2.54 bits per heavy atom. The number of amides is 2. The molecule has 3 heterocycles. The first-order chi connectivity index (χ1) is 12.6. The summed E-state index contributed by atoms with van der Waals surface area (Å²) < 4.78 is 1.93. The van der Waals surface area contributed by atoms with E-state index in [-0.39, 0.29) is 11.8 Å². The Morgan fingerprint density at radius 2 is 1.81 bits per heavy atom. The van der Waals surface area contributed by atoms with E-state index in [1.807, 2.05) is 57.1 Å². The number of carbonyl (C=O) groups is 2. The number of thiophene rings is 1. The molecular weight excluding hydrogens is 348 g/mol. The number of nitrogens with zero attached hydrogens (tertiary/aromatic N) is 4. The van der Waals surface area contributed by atoms with Crippen molar-refractivity contribution in [2.75, 3.05) is 26.2 Å². The van der Waals surface area contributed by atoms with Crippen molar-refractivity contribution in [1.82, 2.24) is 19.4 Å². The number of imidazole rings is 1. The van der Waals surface area contributed by atoms with Gasteiger partial charge in [-0.2, -0.15) is 0 Å². The first-order valence-electron chi connectivity index (χ1n) is 8.66. The summed E-state index contributed by atoms with van der Waals surface area (Å²) in [6, 6.07) is 9.37. The van der Waals surface area contributed by atoms with Crippen LogP contribution in [0.5, 0.6) is 0 Å². The smallest absolute Gasteiger partial charge is 0.263 e. The molecule has 3 aromatic rings. The van der Waals surface area contributed by atoms with E-state index in [0.29, 0.717) is 31.7 Å². The van der Waals surface area contributed by atoms with E-state index in [0.717, 1.165) is 22.3 Å². The van der Waals surface area contributed by atoms with Crippen molar-refractivity contribution in [1.29, 1.82) is 0 Å². The second kappa shape index (κ2) is 6.92. The molecule has 0 unspecified atom stereocenters. The van der Waals surface area contributed by atoms with Crippen molar-refractivity contribution in [3.8, 4) is 0 Å². The number of rotatable bonds is 2. The van der Waals surface area contributed by atoms with Crippen LogP contribution in [0.25, 0.3) is 11.0 Å². The van der Waals surface area contributed by atoms with Gasteiger partial charge in [-0.05, 0) is 36.1 Å². The van der Waals surface area contributed by atoms with Gasteiger partial charge < -0.3 is 14.4 Å². The molecule has 1 fully saturated rings. The zero-order valence-corrected chi connectivity index (χ0v) is 15.4. The number of carbonyl (C=O) groups excluding carboxylic acids is 2. The number of aryl methyl sites for hydroxylation is 1. The van der Waals surface area contributed by atoms with Crippen molar-refractivity contribution in [3.63, 3.8) is 0 Å². The molecule has 0 spiro atoms. The number of benzene rings is 1. The van der Waals surface area contributed by atoms with E-state index in [2.05, 4.69) is 4.98 Å². The summed E-state index contributed by atoms with van der Waals surface area (Å²) in [6.07, 6.45) is 2.54. The third-order valence-electron chi connectivity index (χ3n) is 4.77. The number of fused-ring (bicyclic) bond motifs is 1. The van der Waals surface area contributed by atoms with E-state index in [4.69, 9.17) is 0 Å². The summed E-state index contributed by atoms with van der Waals surface area (Å²) in [6.45, 7) is 2.46. The maximum Gasteiger partial charge on any atom is 0.263 e. The van der Waals surface area contributed by atoms with Crippen LogP contribution < -0.4 is 0 Å². The van der Waals surface area contributed by atoms with Crippen LogP contribution >= 0.6 is 11.3 Å². The van der Waals surface area contributed by atoms with Crippen molar-refractivity contribution in [2.24, 2.45) is 7.05 Å². The Balaban J connectivity index is 1.47. The van der Waals surface area contributed by atoms with Crippen LogP contribution in [0.15, 0.2) is 42.0 Å². The molecule has 1 aromatic carbocycles. The molecule has 0 radical (unpaired) electrons. The lowest BCUT2D eigenvalue weighted by Crippen LogP contribution is -2.37. The highest BCUT2D eigenvalue weighted by Gasteiger charge is 2.24. The summed E-state index contributed by atoms with van der Waals surface area (Å²) in [5.74, 6) is 0.0622. The quantitative estimate of drug-likeness (QED) is 0.699. The van der Waals surface area contributed by atoms with Crippen LogP contribution in [0.3, 0.4) is 0 Å². The lowest BCUT2D eigenvalue weighted by Gasteiger charge is -2.22. The van der Waals surface area contributed by atoms with Gasteiger partial charge in [-0.15, -0.1) is 11.3 Å². The van der Waals surface area contributed by atoms with Crippen LogP contribution in [-0.4, -0.2) is 57.3 Å². The van der Waals surface area contributed by atoms with Gasteiger partial charge in [0.1, 0.15) is 0 Å². The topological polar surface area (TPSA) is 58.4 Å². The van der Waals surface area contributed by atoms with Gasteiger partial charge in [-0.1, -0.05) is 6.07 Å². The van der Waals surface area contributed by atoms with Gasteiger partial charge in [0.15, 0.2) is 0 Å². The molecule has 6 nitrogen and oxygen atoms in total. The molecule has 4 rings (SSSR count). The van der Waals surface area contributed by atoms with Crippen LogP contribution in [0.1, 0.15) is 26.5 Å². The van der Waals surface area contributed by atoms with Gasteiger partial charge in [0.2, 0.25) is 0 Å². The van der Waals surface area contributed by atoms with Gasteiger partial charge in [0, 0.05) is 38.8 Å². The minimum atomic E-state index is 0.00276. The maximum atomic E-state index is 12.9. The minimum absolute atomic E-state index is 0.00276. The molecule has 134 valence electrons. The maximum absolute atomic E-state index is 12.9. The summed E-state index contributed by atoms with van der Waals surface area (Å²) in [4.78, 5) is 34.2. The van der Waals surface area contributed by atoms with Crippen molar-refractivity contribution >= 4 is 34.2 Å². The SMILES string of the molecule is Cn1cnc2cc(C(=O)N3CCCN(C(=O)c4cccs4)CC3)ccc21. The predicted octanol–water partition coefficient (Wildman–Crippen LogP) is 2.62. The summed E-state index contributed by atoms with van der Waals surface area (Å²) in [5, 5.41) is 1.91. The third-order valence-corrected chi connectivity index (χ3v) is 5.63. The van der Waals surface area contributed by atoms with Crippen LogP contribution in [0, 0.1) is 0 Å². The molecule has 7 heteroatoms. The molecule has 0 aliphatic carbocycles. The fraction of sp³-hybridized carbons (Fsp3) is 0.316. The number of aromatic nitrogens is 2. The summed E-state index contributed by atoms with van der Waals surface area (Å²) >= 11 is 1.46. The molecule has 0 saturated carbocycles. The molecule has 2 amide bonds. The van der Waals surface area contributed by atoms with Gasteiger partial charge in [-0.3, -0.25) is 9.59 Å². The Bertz CT molecular complexity index is 948. The summed E-state index contributed by atoms with van der Waals surface area (Å²) in [7, 11) is 1.94. The van der Waals surface area contributed by atoms with Crippen LogP contribution in [0.2, 0.25) is 0 Å². The molecule has 1 aliphatic rings. The molecule has 1 aliphatic heterocycles. The van der Waals surface area contributed by atoms with Crippen LogP contribution in [-0.2, 0) is 7.05 Å². The first kappa shape index (κ1) is 16.8. The largest absolute Gasteiger partial charge is 0.337 e. The zero-order valence-electron chi connectivity index (χ0n) is 14.6.